The summed E-state index contributed by atoms with van der Waals surface area (Å²) in [6.45, 7) is 0.896. The highest BCUT2D eigenvalue weighted by atomic mass is 79.9. The first-order valence-electron chi connectivity index (χ1n) is 6.26. The number of pyridine rings is 1. The van der Waals surface area contributed by atoms with E-state index >= 15 is 0 Å². The second kappa shape index (κ2) is 6.29. The number of rotatable bonds is 3. The van der Waals surface area contributed by atoms with Crippen LogP contribution in [0.1, 0.15) is 36.0 Å². The monoisotopic (exact) mass is 312 g/mol. The van der Waals surface area contributed by atoms with Crippen molar-refractivity contribution in [2.24, 2.45) is 0 Å². The first-order valence-corrected chi connectivity index (χ1v) is 7.05. The van der Waals surface area contributed by atoms with Crippen molar-refractivity contribution in [1.82, 2.24) is 9.88 Å². The molecule has 1 aliphatic rings. The maximum Gasteiger partial charge on any atom is 0.256 e. The summed E-state index contributed by atoms with van der Waals surface area (Å²) >= 11 is 3.31. The zero-order valence-electron chi connectivity index (χ0n) is 10.2. The molecule has 1 aromatic heterocycles. The fraction of sp³-hybridized carbons (Fsp3) is 0.538. The van der Waals surface area contributed by atoms with Gasteiger partial charge in [-0.25, -0.2) is 4.98 Å². The van der Waals surface area contributed by atoms with E-state index in [0.717, 1.165) is 25.8 Å². The van der Waals surface area contributed by atoms with Gasteiger partial charge in [0.05, 0.1) is 5.56 Å². The number of nitrogens with zero attached hydrogens (tertiary/aromatic N) is 2. The molecule has 1 unspecified atom stereocenters. The van der Waals surface area contributed by atoms with Gasteiger partial charge < -0.3 is 10.0 Å². The van der Waals surface area contributed by atoms with Gasteiger partial charge in [-0.15, -0.1) is 0 Å². The van der Waals surface area contributed by atoms with Crippen molar-refractivity contribution < 1.29 is 9.90 Å². The Bertz CT molecular complexity index is 423. The smallest absolute Gasteiger partial charge is 0.256 e. The Labute approximate surface area is 115 Å². The number of piperidine rings is 1. The molecule has 4 nitrogen and oxygen atoms in total. The molecule has 0 aliphatic carbocycles. The van der Waals surface area contributed by atoms with Gasteiger partial charge in [0.15, 0.2) is 0 Å². The van der Waals surface area contributed by atoms with Crippen LogP contribution in [0.25, 0.3) is 0 Å². The molecule has 1 amide bonds. The summed E-state index contributed by atoms with van der Waals surface area (Å²) in [6, 6.07) is 3.70. The Kier molecular flexibility index (Phi) is 4.72. The quantitative estimate of drug-likeness (QED) is 0.871. The summed E-state index contributed by atoms with van der Waals surface area (Å²) in [5, 5.41) is 9.08. The molecule has 2 rings (SSSR count). The lowest BCUT2D eigenvalue weighted by Crippen LogP contribution is -2.44. The Hall–Kier alpha value is -0.940. The summed E-state index contributed by atoms with van der Waals surface area (Å²) in [6.07, 6.45) is 5.45. The predicted octanol–water partition coefficient (Wildman–Crippen LogP) is 2.22. The number of hydrogen-bond donors (Lipinski definition) is 1. The van der Waals surface area contributed by atoms with Crippen molar-refractivity contribution in [2.75, 3.05) is 13.2 Å². The number of carbonyl (C=O) groups is 1. The van der Waals surface area contributed by atoms with E-state index in [2.05, 4.69) is 20.9 Å². The van der Waals surface area contributed by atoms with E-state index in [1.165, 1.54) is 0 Å². The Balaban J connectivity index is 2.18. The number of hydrogen-bond acceptors (Lipinski definition) is 3. The van der Waals surface area contributed by atoms with Gasteiger partial charge in [0.2, 0.25) is 0 Å². The van der Waals surface area contributed by atoms with Crippen LogP contribution in [0, 0.1) is 0 Å². The Morgan fingerprint density at radius 2 is 2.39 bits per heavy atom. The second-order valence-electron chi connectivity index (χ2n) is 4.50. The van der Waals surface area contributed by atoms with Gasteiger partial charge in [-0.1, -0.05) is 0 Å². The van der Waals surface area contributed by atoms with E-state index in [-0.39, 0.29) is 18.6 Å². The molecule has 1 aromatic rings. The molecule has 1 N–H and O–H groups in total. The molecule has 0 aromatic carbocycles. The molecule has 2 heterocycles. The van der Waals surface area contributed by atoms with Gasteiger partial charge in [0, 0.05) is 25.4 Å². The topological polar surface area (TPSA) is 53.4 Å². The second-order valence-corrected chi connectivity index (χ2v) is 5.25. The molecular weight excluding hydrogens is 296 g/mol. The summed E-state index contributed by atoms with van der Waals surface area (Å²) in [5.74, 6) is 0.00752. The molecule has 18 heavy (non-hydrogen) atoms. The summed E-state index contributed by atoms with van der Waals surface area (Å²) in [7, 11) is 0. The van der Waals surface area contributed by atoms with Crippen LogP contribution in [-0.2, 0) is 0 Å². The third-order valence-corrected chi connectivity index (χ3v) is 3.97. The average Bonchev–Trinajstić information content (AvgIpc) is 2.40. The third kappa shape index (κ3) is 2.90. The minimum Gasteiger partial charge on any atom is -0.396 e. The maximum absolute atomic E-state index is 12.5. The fourth-order valence-corrected chi connectivity index (χ4v) is 2.84. The van der Waals surface area contributed by atoms with Crippen molar-refractivity contribution in [3.63, 3.8) is 0 Å². The summed E-state index contributed by atoms with van der Waals surface area (Å²) < 4.78 is 0.586. The number of amides is 1. The first-order chi connectivity index (χ1) is 8.74. The third-order valence-electron chi connectivity index (χ3n) is 3.34. The standard InChI is InChI=1S/C13H17BrN2O2/c14-12-11(5-3-7-15-12)13(18)16-8-2-1-4-10(16)6-9-17/h3,5,7,10,17H,1-2,4,6,8-9H2. The minimum atomic E-state index is 0.00752. The lowest BCUT2D eigenvalue weighted by atomic mass is 9.99. The van der Waals surface area contributed by atoms with E-state index in [1.807, 2.05) is 4.90 Å². The van der Waals surface area contributed by atoms with Crippen LogP contribution in [0.2, 0.25) is 0 Å². The van der Waals surface area contributed by atoms with E-state index in [0.29, 0.717) is 16.6 Å². The Morgan fingerprint density at radius 1 is 1.56 bits per heavy atom. The van der Waals surface area contributed by atoms with Crippen LogP contribution >= 0.6 is 15.9 Å². The fourth-order valence-electron chi connectivity index (χ4n) is 2.42. The normalized spacial score (nSPS) is 19.9. The van der Waals surface area contributed by atoms with Crippen LogP contribution in [0.15, 0.2) is 22.9 Å². The molecule has 0 spiro atoms. The van der Waals surface area contributed by atoms with Crippen molar-refractivity contribution >= 4 is 21.8 Å². The van der Waals surface area contributed by atoms with Gasteiger partial charge >= 0.3 is 0 Å². The minimum absolute atomic E-state index is 0.00752. The molecule has 5 heteroatoms. The van der Waals surface area contributed by atoms with Gasteiger partial charge in [-0.3, -0.25) is 4.79 Å². The van der Waals surface area contributed by atoms with Gasteiger partial charge in [-0.2, -0.15) is 0 Å². The lowest BCUT2D eigenvalue weighted by molar-refractivity contribution is 0.0573. The van der Waals surface area contributed by atoms with Crippen LogP contribution in [0.4, 0.5) is 0 Å². The molecule has 0 radical (unpaired) electrons. The number of halogens is 1. The molecule has 1 fully saturated rings. The van der Waals surface area contributed by atoms with Crippen molar-refractivity contribution in [1.29, 1.82) is 0 Å². The van der Waals surface area contributed by atoms with E-state index < -0.39 is 0 Å². The van der Waals surface area contributed by atoms with Crippen LogP contribution < -0.4 is 0 Å². The largest absolute Gasteiger partial charge is 0.396 e. The zero-order valence-corrected chi connectivity index (χ0v) is 11.8. The predicted molar refractivity (Wildman–Crippen MR) is 72.3 cm³/mol. The highest BCUT2D eigenvalue weighted by Gasteiger charge is 2.28. The van der Waals surface area contributed by atoms with Gasteiger partial charge in [0.1, 0.15) is 4.60 Å². The summed E-state index contributed by atoms with van der Waals surface area (Å²) in [4.78, 5) is 18.4. The molecule has 1 atom stereocenters. The van der Waals surface area contributed by atoms with Crippen molar-refractivity contribution in [3.8, 4) is 0 Å². The van der Waals surface area contributed by atoms with Crippen LogP contribution in [0.3, 0.4) is 0 Å². The molecule has 1 aliphatic heterocycles. The zero-order chi connectivity index (χ0) is 13.0. The highest BCUT2D eigenvalue weighted by molar-refractivity contribution is 9.10. The number of likely N-dealkylation sites (tertiary alicyclic amines) is 1. The molecular formula is C13H17BrN2O2. The van der Waals surface area contributed by atoms with Crippen LogP contribution in [-0.4, -0.2) is 40.1 Å². The van der Waals surface area contributed by atoms with E-state index in [4.69, 9.17) is 5.11 Å². The number of carbonyl (C=O) groups excluding carboxylic acids is 1. The molecule has 1 saturated heterocycles. The van der Waals surface area contributed by atoms with Gasteiger partial charge in [-0.05, 0) is 53.7 Å². The van der Waals surface area contributed by atoms with E-state index in [9.17, 15) is 4.79 Å². The summed E-state index contributed by atoms with van der Waals surface area (Å²) in [5.41, 5.74) is 0.599. The van der Waals surface area contributed by atoms with Crippen molar-refractivity contribution in [3.05, 3.63) is 28.5 Å². The SMILES string of the molecule is O=C(c1cccnc1Br)N1CCCCC1CCO. The van der Waals surface area contributed by atoms with Gasteiger partial charge in [0.25, 0.3) is 5.91 Å². The molecule has 98 valence electrons. The number of aliphatic hydroxyl groups excluding tert-OH is 1. The Morgan fingerprint density at radius 3 is 3.11 bits per heavy atom. The maximum atomic E-state index is 12.5. The lowest BCUT2D eigenvalue weighted by Gasteiger charge is -2.35. The number of aromatic nitrogens is 1. The molecule has 0 saturated carbocycles. The highest BCUT2D eigenvalue weighted by Crippen LogP contribution is 2.23. The molecule has 0 bridgehead atoms. The number of aliphatic hydroxyl groups is 1. The van der Waals surface area contributed by atoms with E-state index in [1.54, 1.807) is 18.3 Å². The first kappa shape index (κ1) is 13.5. The average molecular weight is 313 g/mol. The van der Waals surface area contributed by atoms with Crippen molar-refractivity contribution in [2.45, 2.75) is 31.7 Å². The van der Waals surface area contributed by atoms with Crippen LogP contribution in [0.5, 0.6) is 0 Å².